The van der Waals surface area contributed by atoms with Crippen molar-refractivity contribution in [3.8, 4) is 0 Å². The van der Waals surface area contributed by atoms with Crippen LogP contribution in [0.15, 0.2) is 36.9 Å². The molecule has 10 heteroatoms. The highest BCUT2D eigenvalue weighted by Crippen LogP contribution is 2.22. The van der Waals surface area contributed by atoms with Gasteiger partial charge >= 0.3 is 0 Å². The summed E-state index contributed by atoms with van der Waals surface area (Å²) in [6.07, 6.45) is 6.26. The van der Waals surface area contributed by atoms with Crippen molar-refractivity contribution >= 4 is 28.9 Å². The fourth-order valence-corrected chi connectivity index (χ4v) is 2.63. The predicted molar refractivity (Wildman–Crippen MR) is 108 cm³/mol. The van der Waals surface area contributed by atoms with Crippen LogP contribution in [-0.4, -0.2) is 43.6 Å². The lowest BCUT2D eigenvalue weighted by molar-refractivity contribution is 0.0954. The molecule has 0 aliphatic carbocycles. The number of aromatic nitrogens is 5. The Hall–Kier alpha value is -3.82. The molecule has 3 N–H and O–H groups in total. The van der Waals surface area contributed by atoms with Crippen molar-refractivity contribution < 1.29 is 9.59 Å². The van der Waals surface area contributed by atoms with Gasteiger partial charge < -0.3 is 16.0 Å². The molecule has 0 spiro atoms. The average Bonchev–Trinajstić information content (AvgIpc) is 3.08. The molecule has 3 aromatic heterocycles. The van der Waals surface area contributed by atoms with E-state index in [0.717, 1.165) is 0 Å². The van der Waals surface area contributed by atoms with Crippen LogP contribution in [0.2, 0.25) is 0 Å². The van der Waals surface area contributed by atoms with E-state index in [2.05, 4.69) is 36.0 Å². The standard InChI is InChI=1S/C19H22N8O2/c1-11(2)17-22-9-13(24-12-6-5-7-21-8-12)15(26-17)18(28)25-14-10-23-27(4)16(14)19(29)20-3/h5-11,24H,1-4H3,(H,20,29)(H,25,28). The van der Waals surface area contributed by atoms with Gasteiger partial charge in [-0.1, -0.05) is 13.8 Å². The lowest BCUT2D eigenvalue weighted by atomic mass is 10.2. The number of hydrogen-bond donors (Lipinski definition) is 3. The molecule has 0 bridgehead atoms. The van der Waals surface area contributed by atoms with Crippen molar-refractivity contribution in [1.82, 2.24) is 30.0 Å². The predicted octanol–water partition coefficient (Wildman–Crippen LogP) is 2.08. The summed E-state index contributed by atoms with van der Waals surface area (Å²) in [5, 5.41) is 12.4. The highest BCUT2D eigenvalue weighted by atomic mass is 16.2. The van der Waals surface area contributed by atoms with Gasteiger partial charge in [-0.15, -0.1) is 0 Å². The van der Waals surface area contributed by atoms with Crippen LogP contribution >= 0.6 is 0 Å². The lowest BCUT2D eigenvalue weighted by Crippen LogP contribution is -2.24. The van der Waals surface area contributed by atoms with Crippen molar-refractivity contribution in [2.24, 2.45) is 7.05 Å². The number of nitrogens with zero attached hydrogens (tertiary/aromatic N) is 5. The Balaban J connectivity index is 1.96. The number of rotatable bonds is 6. The molecule has 3 heterocycles. The van der Waals surface area contributed by atoms with Crippen LogP contribution in [0.3, 0.4) is 0 Å². The molecule has 0 radical (unpaired) electrons. The third kappa shape index (κ3) is 4.37. The summed E-state index contributed by atoms with van der Waals surface area (Å²) in [7, 11) is 3.13. The van der Waals surface area contributed by atoms with Crippen LogP contribution in [0.25, 0.3) is 0 Å². The molecule has 3 aromatic rings. The summed E-state index contributed by atoms with van der Waals surface area (Å²) in [6, 6.07) is 3.59. The zero-order chi connectivity index (χ0) is 21.0. The average molecular weight is 394 g/mol. The third-order valence-electron chi connectivity index (χ3n) is 4.11. The minimum absolute atomic E-state index is 0.0359. The van der Waals surface area contributed by atoms with Crippen LogP contribution < -0.4 is 16.0 Å². The van der Waals surface area contributed by atoms with E-state index in [4.69, 9.17) is 0 Å². The Labute approximate surface area is 167 Å². The van der Waals surface area contributed by atoms with Crippen molar-refractivity contribution in [3.63, 3.8) is 0 Å². The number of pyridine rings is 1. The highest BCUT2D eigenvalue weighted by molar-refractivity contribution is 6.10. The summed E-state index contributed by atoms with van der Waals surface area (Å²) in [5.74, 6) is -0.281. The summed E-state index contributed by atoms with van der Waals surface area (Å²) in [6.45, 7) is 3.88. The fourth-order valence-electron chi connectivity index (χ4n) is 2.63. The second kappa shape index (κ2) is 8.46. The SMILES string of the molecule is CNC(=O)c1c(NC(=O)c2nc(C(C)C)ncc2Nc2cccnc2)cnn1C. The molecule has 0 unspecified atom stereocenters. The number of carbonyl (C=O) groups is 2. The maximum Gasteiger partial charge on any atom is 0.276 e. The van der Waals surface area contributed by atoms with E-state index < -0.39 is 5.91 Å². The summed E-state index contributed by atoms with van der Waals surface area (Å²) >= 11 is 0. The highest BCUT2D eigenvalue weighted by Gasteiger charge is 2.22. The van der Waals surface area contributed by atoms with Gasteiger partial charge in [0.15, 0.2) is 5.69 Å². The van der Waals surface area contributed by atoms with Crippen LogP contribution in [0.5, 0.6) is 0 Å². The summed E-state index contributed by atoms with van der Waals surface area (Å²) in [5.41, 5.74) is 1.79. The van der Waals surface area contributed by atoms with E-state index in [1.54, 1.807) is 31.7 Å². The first kappa shape index (κ1) is 19.9. The molecule has 29 heavy (non-hydrogen) atoms. The molecule has 10 nitrogen and oxygen atoms in total. The molecular weight excluding hydrogens is 372 g/mol. The van der Waals surface area contributed by atoms with Gasteiger partial charge in [0, 0.05) is 26.2 Å². The van der Waals surface area contributed by atoms with Crippen LogP contribution in [0.1, 0.15) is 46.6 Å². The zero-order valence-corrected chi connectivity index (χ0v) is 16.6. The first-order valence-electron chi connectivity index (χ1n) is 9.00. The van der Waals surface area contributed by atoms with Crippen molar-refractivity contribution in [3.05, 3.63) is 54.1 Å². The molecule has 2 amide bonds. The smallest absolute Gasteiger partial charge is 0.276 e. The quantitative estimate of drug-likeness (QED) is 0.584. The van der Waals surface area contributed by atoms with E-state index in [1.165, 1.54) is 17.9 Å². The molecule has 0 aliphatic rings. The van der Waals surface area contributed by atoms with Crippen LogP contribution in [0, 0.1) is 0 Å². The maximum absolute atomic E-state index is 13.0. The van der Waals surface area contributed by atoms with Gasteiger partial charge in [0.2, 0.25) is 0 Å². The van der Waals surface area contributed by atoms with Gasteiger partial charge in [-0.3, -0.25) is 19.3 Å². The van der Waals surface area contributed by atoms with Gasteiger partial charge in [-0.25, -0.2) is 9.97 Å². The summed E-state index contributed by atoms with van der Waals surface area (Å²) < 4.78 is 1.39. The molecule has 150 valence electrons. The van der Waals surface area contributed by atoms with Crippen LogP contribution in [0.4, 0.5) is 17.1 Å². The largest absolute Gasteiger partial charge is 0.354 e. The molecule has 3 rings (SSSR count). The minimum atomic E-state index is -0.487. The minimum Gasteiger partial charge on any atom is -0.354 e. The summed E-state index contributed by atoms with van der Waals surface area (Å²) in [4.78, 5) is 38.0. The van der Waals surface area contributed by atoms with Crippen molar-refractivity contribution in [2.45, 2.75) is 19.8 Å². The fraction of sp³-hybridized carbons (Fsp3) is 0.263. The molecule has 0 atom stereocenters. The number of carbonyl (C=O) groups excluding carboxylic acids is 2. The first-order valence-corrected chi connectivity index (χ1v) is 9.00. The Morgan fingerprint density at radius 3 is 2.55 bits per heavy atom. The van der Waals surface area contributed by atoms with Gasteiger partial charge in [-0.2, -0.15) is 5.10 Å². The zero-order valence-electron chi connectivity index (χ0n) is 16.6. The van der Waals surface area contributed by atoms with Gasteiger partial charge in [0.1, 0.15) is 11.5 Å². The van der Waals surface area contributed by atoms with Gasteiger partial charge in [0.05, 0.1) is 35.7 Å². The Kier molecular flexibility index (Phi) is 5.82. The lowest BCUT2D eigenvalue weighted by Gasteiger charge is -2.13. The topological polar surface area (TPSA) is 127 Å². The third-order valence-corrected chi connectivity index (χ3v) is 4.11. The van der Waals surface area contributed by atoms with E-state index in [9.17, 15) is 9.59 Å². The van der Waals surface area contributed by atoms with E-state index in [1.807, 2.05) is 19.9 Å². The van der Waals surface area contributed by atoms with E-state index in [-0.39, 0.29) is 28.9 Å². The Morgan fingerprint density at radius 1 is 1.10 bits per heavy atom. The maximum atomic E-state index is 13.0. The van der Waals surface area contributed by atoms with E-state index in [0.29, 0.717) is 17.2 Å². The van der Waals surface area contributed by atoms with Crippen molar-refractivity contribution in [2.75, 3.05) is 17.7 Å². The number of nitrogens with one attached hydrogen (secondary N) is 3. The molecule has 0 saturated heterocycles. The number of amides is 2. The second-order valence-corrected chi connectivity index (χ2v) is 6.58. The molecule has 0 fully saturated rings. The number of anilines is 3. The molecule has 0 aliphatic heterocycles. The number of hydrogen-bond acceptors (Lipinski definition) is 7. The van der Waals surface area contributed by atoms with Gasteiger partial charge in [-0.05, 0) is 12.1 Å². The van der Waals surface area contributed by atoms with Crippen molar-refractivity contribution in [1.29, 1.82) is 0 Å². The second-order valence-electron chi connectivity index (χ2n) is 6.58. The Bertz CT molecular complexity index is 1030. The van der Waals surface area contributed by atoms with Crippen LogP contribution in [-0.2, 0) is 7.05 Å². The number of aryl methyl sites for hydroxylation is 1. The van der Waals surface area contributed by atoms with E-state index >= 15 is 0 Å². The van der Waals surface area contributed by atoms with Gasteiger partial charge in [0.25, 0.3) is 11.8 Å². The molecular formula is C19H22N8O2. The monoisotopic (exact) mass is 394 g/mol. The molecule has 0 saturated carbocycles. The molecule has 0 aromatic carbocycles. The Morgan fingerprint density at radius 2 is 1.90 bits per heavy atom. The first-order chi connectivity index (χ1) is 13.9. The normalized spacial score (nSPS) is 10.7.